The molecule has 2 rings (SSSR count). The Kier molecular flexibility index (Phi) is 6.21. The lowest BCUT2D eigenvalue weighted by Crippen LogP contribution is -2.39. The normalized spacial score (nSPS) is 13.0. The van der Waals surface area contributed by atoms with Gasteiger partial charge in [0.15, 0.2) is 5.96 Å². The van der Waals surface area contributed by atoms with E-state index in [-0.39, 0.29) is 6.04 Å². The maximum absolute atomic E-state index is 6.23. The summed E-state index contributed by atoms with van der Waals surface area (Å²) in [6.45, 7) is 4.93. The zero-order valence-electron chi connectivity index (χ0n) is 13.1. The highest BCUT2D eigenvalue weighted by Gasteiger charge is 2.10. The van der Waals surface area contributed by atoms with Gasteiger partial charge in [-0.3, -0.25) is 4.99 Å². The number of aliphatic imine (C=N–C) groups is 1. The summed E-state index contributed by atoms with van der Waals surface area (Å²) in [7, 11) is 1.77. The summed E-state index contributed by atoms with van der Waals surface area (Å²) in [5.41, 5.74) is 1.06. The molecule has 0 radical (unpaired) electrons. The zero-order valence-corrected chi connectivity index (χ0v) is 14.6. The first-order valence-electron chi connectivity index (χ1n) is 7.23. The van der Waals surface area contributed by atoms with E-state index in [1.54, 1.807) is 18.4 Å². The number of guanidine groups is 1. The molecule has 4 nitrogen and oxygen atoms in total. The van der Waals surface area contributed by atoms with Crippen molar-refractivity contribution in [3.8, 4) is 0 Å². The average Bonchev–Trinajstić information content (AvgIpc) is 2.92. The van der Waals surface area contributed by atoms with E-state index in [1.165, 1.54) is 4.88 Å². The molecule has 0 amide bonds. The van der Waals surface area contributed by atoms with Gasteiger partial charge in [0.2, 0.25) is 0 Å². The van der Waals surface area contributed by atoms with E-state index in [1.807, 2.05) is 30.5 Å². The molecule has 0 saturated heterocycles. The predicted octanol–water partition coefficient (Wildman–Crippen LogP) is 3.57. The quantitative estimate of drug-likeness (QED) is 0.648. The predicted molar refractivity (Wildman–Crippen MR) is 94.9 cm³/mol. The zero-order chi connectivity index (χ0) is 15.9. The second-order valence-electron chi connectivity index (χ2n) is 5.00. The minimum Gasteiger partial charge on any atom is -0.356 e. The van der Waals surface area contributed by atoms with Crippen LogP contribution < -0.4 is 10.6 Å². The Bertz CT molecular complexity index is 639. The first-order chi connectivity index (χ1) is 10.6. The van der Waals surface area contributed by atoms with Crippen molar-refractivity contribution >= 4 is 28.9 Å². The fraction of sp³-hybridized carbons (Fsp3) is 0.375. The largest absolute Gasteiger partial charge is 0.356 e. The minimum absolute atomic E-state index is 0.0852. The van der Waals surface area contributed by atoms with Crippen molar-refractivity contribution in [3.05, 3.63) is 50.9 Å². The summed E-state index contributed by atoms with van der Waals surface area (Å²) in [5, 5.41) is 8.56. The van der Waals surface area contributed by atoms with Gasteiger partial charge in [-0.15, -0.1) is 11.3 Å². The van der Waals surface area contributed by atoms with Crippen LogP contribution in [-0.4, -0.2) is 24.5 Å². The molecular weight excluding hydrogens is 316 g/mol. The molecule has 0 bridgehead atoms. The second-order valence-corrected chi connectivity index (χ2v) is 6.73. The lowest BCUT2D eigenvalue weighted by Gasteiger charge is -2.19. The number of nitrogens with one attached hydrogen (secondary N) is 2. The number of aromatic nitrogens is 1. The Hall–Kier alpha value is -1.59. The summed E-state index contributed by atoms with van der Waals surface area (Å²) in [6, 6.07) is 7.92. The number of hydrogen-bond acceptors (Lipinski definition) is 3. The van der Waals surface area contributed by atoms with Crippen LogP contribution in [0.3, 0.4) is 0 Å². The van der Waals surface area contributed by atoms with Crippen LogP contribution in [0.1, 0.15) is 28.4 Å². The van der Waals surface area contributed by atoms with Crippen LogP contribution in [0.4, 0.5) is 0 Å². The first-order valence-corrected chi connectivity index (χ1v) is 8.42. The van der Waals surface area contributed by atoms with Gasteiger partial charge in [-0.1, -0.05) is 29.8 Å². The Labute approximate surface area is 140 Å². The van der Waals surface area contributed by atoms with Crippen molar-refractivity contribution < 1.29 is 0 Å². The van der Waals surface area contributed by atoms with E-state index < -0.39 is 0 Å². The Morgan fingerprint density at radius 3 is 2.82 bits per heavy atom. The van der Waals surface area contributed by atoms with Crippen LogP contribution in [0.5, 0.6) is 0 Å². The molecule has 118 valence electrons. The molecule has 0 aliphatic rings. The molecule has 0 aliphatic heterocycles. The van der Waals surface area contributed by atoms with Gasteiger partial charge in [-0.2, -0.15) is 0 Å². The summed E-state index contributed by atoms with van der Waals surface area (Å²) in [6.07, 6.45) is 2.80. The van der Waals surface area contributed by atoms with Crippen molar-refractivity contribution in [3.63, 3.8) is 0 Å². The Balaban J connectivity index is 1.86. The van der Waals surface area contributed by atoms with Gasteiger partial charge in [0.05, 0.1) is 11.0 Å². The van der Waals surface area contributed by atoms with E-state index in [0.29, 0.717) is 0 Å². The van der Waals surface area contributed by atoms with Gasteiger partial charge in [-0.05, 0) is 25.5 Å². The maximum Gasteiger partial charge on any atom is 0.191 e. The molecule has 0 spiro atoms. The molecule has 1 aromatic carbocycles. The van der Waals surface area contributed by atoms with Crippen LogP contribution in [0.25, 0.3) is 0 Å². The highest BCUT2D eigenvalue weighted by atomic mass is 35.5. The van der Waals surface area contributed by atoms with Crippen LogP contribution in [0, 0.1) is 6.92 Å². The van der Waals surface area contributed by atoms with E-state index in [9.17, 15) is 0 Å². The molecule has 1 atom stereocenters. The molecule has 0 saturated carbocycles. The van der Waals surface area contributed by atoms with Crippen molar-refractivity contribution in [2.75, 3.05) is 13.6 Å². The highest BCUT2D eigenvalue weighted by molar-refractivity contribution is 7.11. The number of hydrogen-bond donors (Lipinski definition) is 2. The van der Waals surface area contributed by atoms with Gasteiger partial charge in [-0.25, -0.2) is 4.98 Å². The SMILES string of the molecule is CN=C(NCCc1ncc(C)s1)NC(C)c1ccccc1Cl. The van der Waals surface area contributed by atoms with Crippen molar-refractivity contribution in [2.24, 2.45) is 4.99 Å². The number of benzene rings is 1. The summed E-state index contributed by atoms with van der Waals surface area (Å²) >= 11 is 7.96. The van der Waals surface area contributed by atoms with E-state index in [0.717, 1.165) is 34.5 Å². The molecule has 0 aliphatic carbocycles. The Morgan fingerprint density at radius 2 is 2.18 bits per heavy atom. The van der Waals surface area contributed by atoms with E-state index in [4.69, 9.17) is 11.6 Å². The monoisotopic (exact) mass is 336 g/mol. The summed E-state index contributed by atoms with van der Waals surface area (Å²) < 4.78 is 0. The van der Waals surface area contributed by atoms with Gasteiger partial charge < -0.3 is 10.6 Å². The van der Waals surface area contributed by atoms with E-state index in [2.05, 4.69) is 34.5 Å². The van der Waals surface area contributed by atoms with Gasteiger partial charge in [0.25, 0.3) is 0 Å². The molecular formula is C16H21ClN4S. The van der Waals surface area contributed by atoms with Crippen LogP contribution in [-0.2, 0) is 6.42 Å². The number of aryl methyl sites for hydroxylation is 1. The molecule has 22 heavy (non-hydrogen) atoms. The van der Waals surface area contributed by atoms with Crippen LogP contribution in [0.15, 0.2) is 35.5 Å². The molecule has 2 N–H and O–H groups in total. The number of halogens is 1. The number of thiazole rings is 1. The van der Waals surface area contributed by atoms with Crippen molar-refractivity contribution in [2.45, 2.75) is 26.3 Å². The molecule has 1 heterocycles. The summed E-state index contributed by atoms with van der Waals surface area (Å²) in [5.74, 6) is 0.765. The fourth-order valence-electron chi connectivity index (χ4n) is 2.11. The average molecular weight is 337 g/mol. The first kappa shape index (κ1) is 16.8. The molecule has 6 heteroatoms. The lowest BCUT2D eigenvalue weighted by molar-refractivity contribution is 0.684. The lowest BCUT2D eigenvalue weighted by atomic mass is 10.1. The Morgan fingerprint density at radius 1 is 1.41 bits per heavy atom. The van der Waals surface area contributed by atoms with Gasteiger partial charge >= 0.3 is 0 Å². The standard InChI is InChI=1S/C16H21ClN4S/c1-11-10-20-15(22-11)8-9-19-16(18-3)21-12(2)13-6-4-5-7-14(13)17/h4-7,10,12H,8-9H2,1-3H3,(H2,18,19,21). The molecule has 2 aromatic rings. The third-order valence-electron chi connectivity index (χ3n) is 3.25. The van der Waals surface area contributed by atoms with Crippen molar-refractivity contribution in [1.29, 1.82) is 0 Å². The smallest absolute Gasteiger partial charge is 0.191 e. The summed E-state index contributed by atoms with van der Waals surface area (Å²) in [4.78, 5) is 9.85. The molecule has 1 unspecified atom stereocenters. The fourth-order valence-corrected chi connectivity index (χ4v) is 3.19. The second kappa shape index (κ2) is 8.15. The van der Waals surface area contributed by atoms with Gasteiger partial charge in [0.1, 0.15) is 0 Å². The van der Waals surface area contributed by atoms with E-state index >= 15 is 0 Å². The van der Waals surface area contributed by atoms with Gasteiger partial charge in [0, 0.05) is 36.1 Å². The number of rotatable bonds is 5. The van der Waals surface area contributed by atoms with Crippen LogP contribution >= 0.6 is 22.9 Å². The van der Waals surface area contributed by atoms with Crippen LogP contribution in [0.2, 0.25) is 5.02 Å². The third kappa shape index (κ3) is 4.71. The highest BCUT2D eigenvalue weighted by Crippen LogP contribution is 2.21. The molecule has 1 aromatic heterocycles. The number of nitrogens with zero attached hydrogens (tertiary/aromatic N) is 2. The molecule has 0 fully saturated rings. The topological polar surface area (TPSA) is 49.3 Å². The van der Waals surface area contributed by atoms with Crippen molar-refractivity contribution in [1.82, 2.24) is 15.6 Å². The minimum atomic E-state index is 0.0852. The third-order valence-corrected chi connectivity index (χ3v) is 4.57. The maximum atomic E-state index is 6.23.